The highest BCUT2D eigenvalue weighted by Gasteiger charge is 2.21. The Bertz CT molecular complexity index is 611. The van der Waals surface area contributed by atoms with Gasteiger partial charge in [-0.1, -0.05) is 17.7 Å². The molecule has 18 heavy (non-hydrogen) atoms. The highest BCUT2D eigenvalue weighted by Crippen LogP contribution is 2.21. The molecule has 92 valence electrons. The molecule has 0 spiro atoms. The van der Waals surface area contributed by atoms with Crippen LogP contribution in [-0.2, 0) is 0 Å². The molecule has 1 heterocycles. The largest absolute Gasteiger partial charge is 0.383 e. The number of halogens is 3. The minimum atomic E-state index is -0.950. The highest BCUT2D eigenvalue weighted by atomic mass is 35.5. The molecule has 0 bridgehead atoms. The zero-order chi connectivity index (χ0) is 13.3. The maximum absolute atomic E-state index is 13.4. The average molecular weight is 269 g/mol. The fourth-order valence-corrected chi connectivity index (χ4v) is 1.65. The van der Waals surface area contributed by atoms with Crippen LogP contribution in [0.1, 0.15) is 15.9 Å². The summed E-state index contributed by atoms with van der Waals surface area (Å²) in [5, 5.41) is 0.0954. The van der Waals surface area contributed by atoms with Crippen LogP contribution in [0.25, 0.3) is 0 Å². The van der Waals surface area contributed by atoms with Crippen LogP contribution in [-0.4, -0.2) is 10.8 Å². The SMILES string of the molecule is Nc1nc(Cl)ccc1C(=O)c1c(F)cccc1F. The fraction of sp³-hybridized carbons (Fsp3) is 0. The van der Waals surface area contributed by atoms with E-state index in [0.717, 1.165) is 12.1 Å². The number of hydrogen-bond acceptors (Lipinski definition) is 3. The second-order valence-corrected chi connectivity index (χ2v) is 3.88. The van der Waals surface area contributed by atoms with Gasteiger partial charge in [-0.25, -0.2) is 13.8 Å². The molecule has 0 fully saturated rings. The van der Waals surface area contributed by atoms with Gasteiger partial charge >= 0.3 is 0 Å². The van der Waals surface area contributed by atoms with E-state index in [0.29, 0.717) is 0 Å². The third kappa shape index (κ3) is 2.17. The number of pyridine rings is 1. The van der Waals surface area contributed by atoms with Crippen LogP contribution in [0, 0.1) is 11.6 Å². The van der Waals surface area contributed by atoms with Gasteiger partial charge in [0.2, 0.25) is 5.78 Å². The summed E-state index contributed by atoms with van der Waals surface area (Å²) in [6.45, 7) is 0. The van der Waals surface area contributed by atoms with Gasteiger partial charge in [0.05, 0.1) is 11.1 Å². The van der Waals surface area contributed by atoms with Gasteiger partial charge in [0.1, 0.15) is 22.6 Å². The number of carbonyl (C=O) groups excluding carboxylic acids is 1. The third-order valence-corrected chi connectivity index (χ3v) is 2.54. The van der Waals surface area contributed by atoms with Crippen LogP contribution in [0.3, 0.4) is 0 Å². The molecule has 2 rings (SSSR count). The Morgan fingerprint density at radius 1 is 1.17 bits per heavy atom. The van der Waals surface area contributed by atoms with Crippen LogP contribution in [0.15, 0.2) is 30.3 Å². The first-order chi connectivity index (χ1) is 8.50. The van der Waals surface area contributed by atoms with Crippen LogP contribution in [0.5, 0.6) is 0 Å². The zero-order valence-corrected chi connectivity index (χ0v) is 9.71. The fourth-order valence-electron chi connectivity index (χ4n) is 1.49. The molecule has 1 aromatic carbocycles. The number of ketones is 1. The van der Waals surface area contributed by atoms with Crippen molar-refractivity contribution in [3.8, 4) is 0 Å². The number of aromatic nitrogens is 1. The Kier molecular flexibility index (Phi) is 3.25. The number of nitrogens with zero attached hydrogens (tertiary/aromatic N) is 1. The van der Waals surface area contributed by atoms with Crippen molar-refractivity contribution in [1.29, 1.82) is 0 Å². The van der Waals surface area contributed by atoms with E-state index in [4.69, 9.17) is 17.3 Å². The van der Waals surface area contributed by atoms with Gasteiger partial charge in [-0.3, -0.25) is 4.79 Å². The molecular weight excluding hydrogens is 262 g/mol. The minimum Gasteiger partial charge on any atom is -0.383 e. The lowest BCUT2D eigenvalue weighted by Crippen LogP contribution is -2.11. The Morgan fingerprint density at radius 2 is 1.78 bits per heavy atom. The van der Waals surface area contributed by atoms with Crippen molar-refractivity contribution in [1.82, 2.24) is 4.98 Å². The van der Waals surface area contributed by atoms with E-state index in [1.54, 1.807) is 0 Å². The van der Waals surface area contributed by atoms with Gasteiger partial charge in [-0.15, -0.1) is 0 Å². The Labute approximate surface area is 106 Å². The number of nitrogen functional groups attached to an aromatic ring is 1. The smallest absolute Gasteiger partial charge is 0.202 e. The molecule has 6 heteroatoms. The Balaban J connectivity index is 2.55. The standard InChI is InChI=1S/C12H7ClF2N2O/c13-9-5-4-6(12(16)17-9)11(18)10-7(14)2-1-3-8(10)15/h1-5H,(H2,16,17). The summed E-state index contributed by atoms with van der Waals surface area (Å²) in [4.78, 5) is 15.6. The summed E-state index contributed by atoms with van der Waals surface area (Å²) in [6.07, 6.45) is 0. The van der Waals surface area contributed by atoms with E-state index in [1.165, 1.54) is 18.2 Å². The van der Waals surface area contributed by atoms with Crippen molar-refractivity contribution in [2.24, 2.45) is 0 Å². The van der Waals surface area contributed by atoms with E-state index in [1.807, 2.05) is 0 Å². The molecule has 0 aliphatic rings. The molecule has 2 aromatic rings. The van der Waals surface area contributed by atoms with Gasteiger partial charge in [0.25, 0.3) is 0 Å². The maximum Gasteiger partial charge on any atom is 0.202 e. The van der Waals surface area contributed by atoms with Gasteiger partial charge in [0, 0.05) is 0 Å². The highest BCUT2D eigenvalue weighted by molar-refractivity contribution is 6.29. The van der Waals surface area contributed by atoms with E-state index in [-0.39, 0.29) is 16.5 Å². The Hall–Kier alpha value is -2.01. The van der Waals surface area contributed by atoms with Crippen molar-refractivity contribution >= 4 is 23.2 Å². The summed E-state index contributed by atoms with van der Waals surface area (Å²) in [5.41, 5.74) is 4.75. The first kappa shape index (κ1) is 12.4. The lowest BCUT2D eigenvalue weighted by atomic mass is 10.0. The average Bonchev–Trinajstić information content (AvgIpc) is 2.28. The number of benzene rings is 1. The topological polar surface area (TPSA) is 56.0 Å². The monoisotopic (exact) mass is 268 g/mol. The molecule has 1 aromatic heterocycles. The van der Waals surface area contributed by atoms with Gasteiger partial charge in [-0.2, -0.15) is 0 Å². The van der Waals surface area contributed by atoms with Crippen molar-refractivity contribution < 1.29 is 13.6 Å². The number of anilines is 1. The number of nitrogens with two attached hydrogens (primary N) is 1. The van der Waals surface area contributed by atoms with E-state index in [2.05, 4.69) is 4.98 Å². The number of hydrogen-bond donors (Lipinski definition) is 1. The molecule has 0 amide bonds. The predicted molar refractivity (Wildman–Crippen MR) is 63.4 cm³/mol. The molecular formula is C12H7ClF2N2O. The van der Waals surface area contributed by atoms with E-state index < -0.39 is 23.0 Å². The zero-order valence-electron chi connectivity index (χ0n) is 8.95. The molecule has 2 N–H and O–H groups in total. The molecule has 0 saturated carbocycles. The van der Waals surface area contributed by atoms with Crippen molar-refractivity contribution in [3.63, 3.8) is 0 Å². The second-order valence-electron chi connectivity index (χ2n) is 3.49. The van der Waals surface area contributed by atoms with Crippen molar-refractivity contribution in [2.75, 3.05) is 5.73 Å². The molecule has 0 radical (unpaired) electrons. The molecule has 0 atom stereocenters. The lowest BCUT2D eigenvalue weighted by Gasteiger charge is -2.06. The number of rotatable bonds is 2. The van der Waals surface area contributed by atoms with Gasteiger partial charge in [0.15, 0.2) is 0 Å². The molecule has 0 unspecified atom stereocenters. The second kappa shape index (κ2) is 4.70. The van der Waals surface area contributed by atoms with Crippen LogP contribution < -0.4 is 5.73 Å². The molecule has 0 aliphatic heterocycles. The first-order valence-electron chi connectivity index (χ1n) is 4.91. The quantitative estimate of drug-likeness (QED) is 0.673. The molecule has 0 saturated heterocycles. The predicted octanol–water partition coefficient (Wildman–Crippen LogP) is 2.83. The van der Waals surface area contributed by atoms with Crippen LogP contribution in [0.2, 0.25) is 5.15 Å². The van der Waals surface area contributed by atoms with E-state index >= 15 is 0 Å². The molecule has 3 nitrogen and oxygen atoms in total. The Morgan fingerprint density at radius 3 is 2.33 bits per heavy atom. The van der Waals surface area contributed by atoms with Crippen molar-refractivity contribution in [3.05, 3.63) is 58.2 Å². The summed E-state index contributed by atoms with van der Waals surface area (Å²) >= 11 is 5.58. The summed E-state index contributed by atoms with van der Waals surface area (Å²) < 4.78 is 26.9. The lowest BCUT2D eigenvalue weighted by molar-refractivity contribution is 0.103. The molecule has 0 aliphatic carbocycles. The summed E-state index contributed by atoms with van der Waals surface area (Å²) in [5.74, 6) is -2.94. The summed E-state index contributed by atoms with van der Waals surface area (Å²) in [7, 11) is 0. The minimum absolute atomic E-state index is 0.0941. The van der Waals surface area contributed by atoms with Gasteiger partial charge < -0.3 is 5.73 Å². The van der Waals surface area contributed by atoms with Gasteiger partial charge in [-0.05, 0) is 24.3 Å². The normalized spacial score (nSPS) is 10.4. The van der Waals surface area contributed by atoms with Crippen LogP contribution >= 0.6 is 11.6 Å². The summed E-state index contributed by atoms with van der Waals surface area (Å²) in [6, 6.07) is 5.76. The van der Waals surface area contributed by atoms with Crippen LogP contribution in [0.4, 0.5) is 14.6 Å². The third-order valence-electron chi connectivity index (χ3n) is 2.33. The van der Waals surface area contributed by atoms with Crippen molar-refractivity contribution in [2.45, 2.75) is 0 Å². The number of carbonyl (C=O) groups is 1. The maximum atomic E-state index is 13.4. The first-order valence-corrected chi connectivity index (χ1v) is 5.29. The van der Waals surface area contributed by atoms with E-state index in [9.17, 15) is 13.6 Å².